The predicted octanol–water partition coefficient (Wildman–Crippen LogP) is 1.09. The summed E-state index contributed by atoms with van der Waals surface area (Å²) in [4.78, 5) is 4.24. The maximum atomic E-state index is 8.60. The van der Waals surface area contributed by atoms with Crippen molar-refractivity contribution >= 4 is 0 Å². The van der Waals surface area contributed by atoms with Crippen LogP contribution in [0.5, 0.6) is 0 Å². The zero-order valence-corrected chi connectivity index (χ0v) is 6.29. The molecule has 0 radical (unpaired) electrons. The van der Waals surface area contributed by atoms with Crippen LogP contribution in [-0.4, -0.2) is 16.7 Å². The van der Waals surface area contributed by atoms with E-state index < -0.39 is 0 Å². The molecule has 0 saturated heterocycles. The fraction of sp³-hybridized carbons (Fsp3) is 0.625. The molecular weight excluding hydrogens is 142 g/mol. The Balaban J connectivity index is 2.06. The Bertz CT molecular complexity index is 240. The van der Waals surface area contributed by atoms with Gasteiger partial charge < -0.3 is 9.52 Å². The highest BCUT2D eigenvalue weighted by Gasteiger charge is 2.28. The average molecular weight is 153 g/mol. The van der Waals surface area contributed by atoms with E-state index in [1.807, 2.05) is 0 Å². The molecule has 1 aliphatic rings. The van der Waals surface area contributed by atoms with Crippen molar-refractivity contribution in [1.29, 1.82) is 0 Å². The average Bonchev–Trinajstić information content (AvgIpc) is 2.75. The van der Waals surface area contributed by atoms with Crippen molar-refractivity contribution in [2.24, 2.45) is 0 Å². The van der Waals surface area contributed by atoms with Crippen LogP contribution in [-0.2, 0) is 6.42 Å². The molecule has 0 aliphatic heterocycles. The fourth-order valence-electron chi connectivity index (χ4n) is 1.07. The number of hydrogen-bond donors (Lipinski definition) is 1. The first-order chi connectivity index (χ1) is 5.40. The highest BCUT2D eigenvalue weighted by atomic mass is 16.3. The topological polar surface area (TPSA) is 46.3 Å². The summed E-state index contributed by atoms with van der Waals surface area (Å²) in [5, 5.41) is 8.60. The molecule has 2 rings (SSSR count). The summed E-state index contributed by atoms with van der Waals surface area (Å²) in [6, 6.07) is 0. The van der Waals surface area contributed by atoms with Crippen LogP contribution >= 0.6 is 0 Å². The number of nitrogens with zero attached hydrogens (tertiary/aromatic N) is 1. The zero-order chi connectivity index (χ0) is 7.68. The van der Waals surface area contributed by atoms with E-state index in [4.69, 9.17) is 9.52 Å². The molecule has 3 nitrogen and oxygen atoms in total. The third-order valence-electron chi connectivity index (χ3n) is 1.86. The van der Waals surface area contributed by atoms with Crippen molar-refractivity contribution in [3.05, 3.63) is 17.8 Å². The van der Waals surface area contributed by atoms with Crippen molar-refractivity contribution in [3.63, 3.8) is 0 Å². The molecule has 0 aromatic carbocycles. The van der Waals surface area contributed by atoms with Gasteiger partial charge in [-0.05, 0) is 12.8 Å². The molecule has 1 aliphatic carbocycles. The Hall–Kier alpha value is -0.830. The molecule has 3 heteroatoms. The monoisotopic (exact) mass is 153 g/mol. The molecule has 1 fully saturated rings. The zero-order valence-electron chi connectivity index (χ0n) is 6.29. The summed E-state index contributed by atoms with van der Waals surface area (Å²) in [6.07, 6.45) is 4.66. The van der Waals surface area contributed by atoms with Crippen molar-refractivity contribution in [1.82, 2.24) is 4.98 Å². The van der Waals surface area contributed by atoms with E-state index in [1.54, 1.807) is 6.26 Å². The van der Waals surface area contributed by atoms with Gasteiger partial charge in [-0.1, -0.05) is 0 Å². The third kappa shape index (κ3) is 1.43. The fourth-order valence-corrected chi connectivity index (χ4v) is 1.07. The highest BCUT2D eigenvalue weighted by molar-refractivity contribution is 5.06. The van der Waals surface area contributed by atoms with Crippen LogP contribution in [0.4, 0.5) is 0 Å². The Labute approximate surface area is 65.1 Å². The van der Waals surface area contributed by atoms with Crippen molar-refractivity contribution in [2.45, 2.75) is 25.2 Å². The molecule has 0 unspecified atom stereocenters. The lowest BCUT2D eigenvalue weighted by atomic mass is 10.3. The Kier molecular flexibility index (Phi) is 1.66. The van der Waals surface area contributed by atoms with Gasteiger partial charge in [0.15, 0.2) is 5.89 Å². The highest BCUT2D eigenvalue weighted by Crippen LogP contribution is 2.39. The summed E-state index contributed by atoms with van der Waals surface area (Å²) < 4.78 is 5.22. The van der Waals surface area contributed by atoms with Gasteiger partial charge in [-0.15, -0.1) is 0 Å². The van der Waals surface area contributed by atoms with Gasteiger partial charge in [-0.25, -0.2) is 4.98 Å². The molecule has 0 amide bonds. The first-order valence-corrected chi connectivity index (χ1v) is 3.95. The van der Waals surface area contributed by atoms with Gasteiger partial charge in [-0.3, -0.25) is 0 Å². The molecule has 1 aromatic rings. The minimum atomic E-state index is 0.149. The summed E-state index contributed by atoms with van der Waals surface area (Å²) in [5.74, 6) is 1.43. The summed E-state index contributed by atoms with van der Waals surface area (Å²) in [6.45, 7) is 0.149. The maximum absolute atomic E-state index is 8.60. The van der Waals surface area contributed by atoms with Crippen molar-refractivity contribution in [2.75, 3.05) is 6.61 Å². The van der Waals surface area contributed by atoms with Crippen molar-refractivity contribution in [3.8, 4) is 0 Å². The van der Waals surface area contributed by atoms with Gasteiger partial charge in [-0.2, -0.15) is 0 Å². The summed E-state index contributed by atoms with van der Waals surface area (Å²) >= 11 is 0. The van der Waals surface area contributed by atoms with E-state index in [2.05, 4.69) is 4.98 Å². The summed E-state index contributed by atoms with van der Waals surface area (Å²) in [7, 11) is 0. The third-order valence-corrected chi connectivity index (χ3v) is 1.86. The molecule has 0 atom stereocenters. The molecule has 0 spiro atoms. The molecule has 11 heavy (non-hydrogen) atoms. The largest absolute Gasteiger partial charge is 0.448 e. The standard InChI is InChI=1S/C8H11NO2/c10-4-3-7-5-11-8(9-7)6-1-2-6/h5-6,10H,1-4H2. The normalized spacial score (nSPS) is 17.2. The maximum Gasteiger partial charge on any atom is 0.197 e. The molecule has 1 heterocycles. The van der Waals surface area contributed by atoms with Crippen LogP contribution in [0.25, 0.3) is 0 Å². The first kappa shape index (κ1) is 6.85. The van der Waals surface area contributed by atoms with E-state index in [1.165, 1.54) is 12.8 Å². The number of aromatic nitrogens is 1. The van der Waals surface area contributed by atoms with Gasteiger partial charge in [0.2, 0.25) is 0 Å². The van der Waals surface area contributed by atoms with E-state index in [-0.39, 0.29) is 6.61 Å². The van der Waals surface area contributed by atoms with Crippen LogP contribution in [0.1, 0.15) is 30.3 Å². The minimum Gasteiger partial charge on any atom is -0.448 e. The van der Waals surface area contributed by atoms with Crippen LogP contribution < -0.4 is 0 Å². The number of rotatable bonds is 3. The second kappa shape index (κ2) is 2.66. The van der Waals surface area contributed by atoms with Gasteiger partial charge in [0, 0.05) is 18.9 Å². The lowest BCUT2D eigenvalue weighted by Crippen LogP contribution is -1.90. The second-order valence-corrected chi connectivity index (χ2v) is 2.92. The molecule has 1 N–H and O–H groups in total. The molecule has 1 aromatic heterocycles. The minimum absolute atomic E-state index is 0.149. The smallest absolute Gasteiger partial charge is 0.197 e. The Morgan fingerprint density at radius 1 is 1.64 bits per heavy atom. The van der Waals surface area contributed by atoms with E-state index >= 15 is 0 Å². The quantitative estimate of drug-likeness (QED) is 0.707. The van der Waals surface area contributed by atoms with Crippen LogP contribution in [0, 0.1) is 0 Å². The number of oxazole rings is 1. The van der Waals surface area contributed by atoms with Crippen LogP contribution in [0.15, 0.2) is 10.7 Å². The predicted molar refractivity (Wildman–Crippen MR) is 39.3 cm³/mol. The van der Waals surface area contributed by atoms with Gasteiger partial charge in [0.25, 0.3) is 0 Å². The Morgan fingerprint density at radius 2 is 2.45 bits per heavy atom. The molecular formula is C8H11NO2. The SMILES string of the molecule is OCCc1coc(C2CC2)n1. The number of hydrogen-bond acceptors (Lipinski definition) is 3. The van der Waals surface area contributed by atoms with E-state index in [0.29, 0.717) is 12.3 Å². The lowest BCUT2D eigenvalue weighted by molar-refractivity contribution is 0.298. The van der Waals surface area contributed by atoms with Gasteiger partial charge in [0.05, 0.1) is 5.69 Å². The van der Waals surface area contributed by atoms with Gasteiger partial charge in [0.1, 0.15) is 6.26 Å². The second-order valence-electron chi connectivity index (χ2n) is 2.92. The van der Waals surface area contributed by atoms with E-state index in [9.17, 15) is 0 Å². The summed E-state index contributed by atoms with van der Waals surface area (Å²) in [5.41, 5.74) is 0.870. The molecule has 60 valence electrons. The van der Waals surface area contributed by atoms with Crippen molar-refractivity contribution < 1.29 is 9.52 Å². The number of aliphatic hydroxyl groups excluding tert-OH is 1. The molecule has 0 bridgehead atoms. The lowest BCUT2D eigenvalue weighted by Gasteiger charge is -1.85. The Morgan fingerprint density at radius 3 is 3.09 bits per heavy atom. The van der Waals surface area contributed by atoms with E-state index in [0.717, 1.165) is 11.6 Å². The number of aliphatic hydroxyl groups is 1. The molecule has 1 saturated carbocycles. The van der Waals surface area contributed by atoms with Crippen LogP contribution in [0.3, 0.4) is 0 Å². The van der Waals surface area contributed by atoms with Gasteiger partial charge >= 0.3 is 0 Å². The van der Waals surface area contributed by atoms with Crippen LogP contribution in [0.2, 0.25) is 0 Å². The first-order valence-electron chi connectivity index (χ1n) is 3.95.